The van der Waals surface area contributed by atoms with Crippen molar-refractivity contribution in [3.05, 3.63) is 22.2 Å². The van der Waals surface area contributed by atoms with Crippen molar-refractivity contribution in [1.29, 1.82) is 0 Å². The molecule has 1 aromatic rings. The van der Waals surface area contributed by atoms with Crippen LogP contribution in [0, 0.1) is 0 Å². The molecule has 2 heterocycles. The van der Waals surface area contributed by atoms with E-state index >= 15 is 0 Å². The average molecular weight is 259 g/mol. The van der Waals surface area contributed by atoms with E-state index in [9.17, 15) is 14.3 Å². The first-order valence-electron chi connectivity index (χ1n) is 5.44. The van der Waals surface area contributed by atoms with Gasteiger partial charge >= 0.3 is 5.69 Å². The van der Waals surface area contributed by atoms with Gasteiger partial charge in [-0.3, -0.25) is 4.57 Å². The summed E-state index contributed by atoms with van der Waals surface area (Å²) in [6.45, 7) is -1.21. The minimum atomic E-state index is -0.877. The molecule has 2 rings (SSSR count). The van der Waals surface area contributed by atoms with Crippen molar-refractivity contribution in [2.75, 3.05) is 12.3 Å². The number of aliphatic hydroxyl groups is 2. The van der Waals surface area contributed by atoms with E-state index < -0.39 is 30.8 Å². The molecule has 1 aliphatic heterocycles. The first kappa shape index (κ1) is 12.9. The molecule has 4 N–H and O–H groups in total. The summed E-state index contributed by atoms with van der Waals surface area (Å²) in [5, 5.41) is 18.5. The van der Waals surface area contributed by atoms with Crippen LogP contribution in [0.5, 0.6) is 0 Å². The van der Waals surface area contributed by atoms with Crippen LogP contribution >= 0.6 is 0 Å². The summed E-state index contributed by atoms with van der Waals surface area (Å²) in [7, 11) is 0. The maximum Gasteiger partial charge on any atom is 0.351 e. The predicted octanol–water partition coefficient (Wildman–Crippen LogP) is -1.06. The van der Waals surface area contributed by atoms with Gasteiger partial charge < -0.3 is 20.7 Å². The standard InChI is InChI=1S/C10H14FN3O4/c11-2-5-3-14(10(17)13-9(5)12)8-1-6(16)7(4-15)18-8/h3,6-8,15-16H,1-2,4H2,(H2,12,13,17)/t6-,7+,8+/m0/s1. The second-order valence-electron chi connectivity index (χ2n) is 4.09. The average Bonchev–Trinajstić information content (AvgIpc) is 2.70. The first-order valence-corrected chi connectivity index (χ1v) is 5.44. The molecular weight excluding hydrogens is 245 g/mol. The number of nitrogen functional groups attached to an aromatic ring is 1. The van der Waals surface area contributed by atoms with E-state index in [1.807, 2.05) is 0 Å². The Labute approximate surface area is 102 Å². The molecule has 3 atom stereocenters. The van der Waals surface area contributed by atoms with E-state index in [0.29, 0.717) is 0 Å². The normalized spacial score (nSPS) is 27.6. The van der Waals surface area contributed by atoms with Crippen molar-refractivity contribution in [2.45, 2.75) is 31.5 Å². The number of hydrogen-bond donors (Lipinski definition) is 3. The Balaban J connectivity index is 2.32. The summed E-state index contributed by atoms with van der Waals surface area (Å²) in [6, 6.07) is 0. The maximum absolute atomic E-state index is 12.6. The molecule has 0 amide bonds. The number of rotatable bonds is 3. The topological polar surface area (TPSA) is 111 Å². The lowest BCUT2D eigenvalue weighted by atomic mass is 10.2. The van der Waals surface area contributed by atoms with E-state index in [1.54, 1.807) is 0 Å². The van der Waals surface area contributed by atoms with Crippen molar-refractivity contribution in [1.82, 2.24) is 9.55 Å². The van der Waals surface area contributed by atoms with Gasteiger partial charge in [-0.25, -0.2) is 9.18 Å². The molecule has 1 saturated heterocycles. The molecule has 1 fully saturated rings. The number of nitrogens with two attached hydrogens (primary N) is 1. The molecule has 8 heteroatoms. The van der Waals surface area contributed by atoms with Gasteiger partial charge in [0.25, 0.3) is 0 Å². The molecule has 0 radical (unpaired) electrons. The number of nitrogens with zero attached hydrogens (tertiary/aromatic N) is 2. The lowest BCUT2D eigenvalue weighted by Crippen LogP contribution is -2.29. The van der Waals surface area contributed by atoms with E-state index in [2.05, 4.69) is 4.98 Å². The zero-order chi connectivity index (χ0) is 13.3. The largest absolute Gasteiger partial charge is 0.394 e. The summed E-state index contributed by atoms with van der Waals surface area (Å²) in [5.74, 6) is -0.156. The molecule has 0 aliphatic carbocycles. The third-order valence-electron chi connectivity index (χ3n) is 2.90. The number of hydrogen-bond acceptors (Lipinski definition) is 6. The maximum atomic E-state index is 12.6. The highest BCUT2D eigenvalue weighted by Gasteiger charge is 2.35. The number of aromatic nitrogens is 2. The monoisotopic (exact) mass is 259 g/mol. The van der Waals surface area contributed by atoms with Gasteiger partial charge in [0.1, 0.15) is 24.8 Å². The number of ether oxygens (including phenoxy) is 1. The minimum Gasteiger partial charge on any atom is -0.394 e. The van der Waals surface area contributed by atoms with Crippen molar-refractivity contribution in [2.24, 2.45) is 0 Å². The summed E-state index contributed by atoms with van der Waals surface area (Å²) in [4.78, 5) is 15.1. The Morgan fingerprint density at radius 2 is 2.39 bits per heavy atom. The van der Waals surface area contributed by atoms with Gasteiger partial charge in [-0.2, -0.15) is 4.98 Å². The van der Waals surface area contributed by atoms with Crippen LogP contribution in [-0.4, -0.2) is 38.6 Å². The van der Waals surface area contributed by atoms with Gasteiger partial charge in [0, 0.05) is 18.2 Å². The molecular formula is C10H14FN3O4. The molecule has 0 saturated carbocycles. The van der Waals surface area contributed by atoms with Crippen molar-refractivity contribution < 1.29 is 19.3 Å². The van der Waals surface area contributed by atoms with Gasteiger partial charge in [-0.05, 0) is 0 Å². The van der Waals surface area contributed by atoms with Crippen LogP contribution in [0.2, 0.25) is 0 Å². The second kappa shape index (κ2) is 5.01. The molecule has 1 aliphatic rings. The first-order chi connectivity index (χ1) is 8.56. The fraction of sp³-hybridized carbons (Fsp3) is 0.600. The summed E-state index contributed by atoms with van der Waals surface area (Å²) < 4.78 is 19.0. The molecule has 1 aromatic heterocycles. The fourth-order valence-electron chi connectivity index (χ4n) is 1.88. The summed E-state index contributed by atoms with van der Waals surface area (Å²) in [6.07, 6.45) is -1.06. The van der Waals surface area contributed by atoms with Crippen LogP contribution in [0.1, 0.15) is 18.2 Å². The Kier molecular flexibility index (Phi) is 3.60. The number of anilines is 1. The molecule has 0 spiro atoms. The van der Waals surface area contributed by atoms with E-state index in [1.165, 1.54) is 6.20 Å². The third-order valence-corrected chi connectivity index (χ3v) is 2.90. The number of alkyl halides is 1. The molecule has 0 bridgehead atoms. The lowest BCUT2D eigenvalue weighted by Gasteiger charge is -2.15. The van der Waals surface area contributed by atoms with Crippen LogP contribution in [0.15, 0.2) is 11.0 Å². The van der Waals surface area contributed by atoms with Crippen LogP contribution < -0.4 is 11.4 Å². The highest BCUT2D eigenvalue weighted by Crippen LogP contribution is 2.27. The highest BCUT2D eigenvalue weighted by molar-refractivity contribution is 5.36. The van der Waals surface area contributed by atoms with Gasteiger partial charge in [0.15, 0.2) is 0 Å². The fourth-order valence-corrected chi connectivity index (χ4v) is 1.88. The molecule has 18 heavy (non-hydrogen) atoms. The smallest absolute Gasteiger partial charge is 0.351 e. The van der Waals surface area contributed by atoms with Crippen molar-refractivity contribution >= 4 is 5.82 Å². The second-order valence-corrected chi connectivity index (χ2v) is 4.09. The van der Waals surface area contributed by atoms with Gasteiger partial charge in [-0.1, -0.05) is 0 Å². The van der Waals surface area contributed by atoms with E-state index in [-0.39, 0.29) is 24.4 Å². The summed E-state index contributed by atoms with van der Waals surface area (Å²) >= 11 is 0. The minimum absolute atomic E-state index is 0.0835. The predicted molar refractivity (Wildman–Crippen MR) is 59.3 cm³/mol. The quantitative estimate of drug-likeness (QED) is 0.638. The summed E-state index contributed by atoms with van der Waals surface area (Å²) in [5.41, 5.74) is 4.79. The van der Waals surface area contributed by atoms with Crippen molar-refractivity contribution in [3.8, 4) is 0 Å². The Morgan fingerprint density at radius 3 is 2.94 bits per heavy atom. The zero-order valence-corrected chi connectivity index (χ0v) is 9.49. The Morgan fingerprint density at radius 1 is 1.67 bits per heavy atom. The van der Waals surface area contributed by atoms with E-state index in [4.69, 9.17) is 15.6 Å². The van der Waals surface area contributed by atoms with Crippen LogP contribution in [0.4, 0.5) is 10.2 Å². The molecule has 7 nitrogen and oxygen atoms in total. The molecule has 0 unspecified atom stereocenters. The SMILES string of the molecule is Nc1nc(=O)n([C@H]2C[C@H](O)[C@@H](CO)O2)cc1CF. The molecule has 100 valence electrons. The van der Waals surface area contributed by atoms with Crippen LogP contribution in [0.3, 0.4) is 0 Å². The molecule has 0 aromatic carbocycles. The zero-order valence-electron chi connectivity index (χ0n) is 9.49. The third kappa shape index (κ3) is 2.22. The van der Waals surface area contributed by atoms with Gasteiger partial charge in [-0.15, -0.1) is 0 Å². The lowest BCUT2D eigenvalue weighted by molar-refractivity contribution is -0.0459. The van der Waals surface area contributed by atoms with Crippen LogP contribution in [0.25, 0.3) is 0 Å². The van der Waals surface area contributed by atoms with Crippen LogP contribution in [-0.2, 0) is 11.4 Å². The highest BCUT2D eigenvalue weighted by atomic mass is 19.1. The van der Waals surface area contributed by atoms with Crippen molar-refractivity contribution in [3.63, 3.8) is 0 Å². The van der Waals surface area contributed by atoms with Gasteiger partial charge in [0.05, 0.1) is 12.7 Å². The Hall–Kier alpha value is -1.51. The van der Waals surface area contributed by atoms with Gasteiger partial charge in [0.2, 0.25) is 0 Å². The van der Waals surface area contributed by atoms with E-state index in [0.717, 1.165) is 4.57 Å². The number of halogens is 1. The Bertz CT molecular complexity index is 493. The number of aliphatic hydroxyl groups excluding tert-OH is 2.